The summed E-state index contributed by atoms with van der Waals surface area (Å²) in [4.78, 5) is 12.0. The van der Waals surface area contributed by atoms with E-state index in [1.807, 2.05) is 0 Å². The molecule has 5 nitrogen and oxygen atoms in total. The molecule has 21 heavy (non-hydrogen) atoms. The molecule has 1 aromatic carbocycles. The maximum atomic E-state index is 12.1. The van der Waals surface area contributed by atoms with E-state index in [-0.39, 0.29) is 17.0 Å². The van der Waals surface area contributed by atoms with E-state index in [0.717, 1.165) is 0 Å². The molecule has 7 heteroatoms. The molecule has 0 radical (unpaired) electrons. The Kier molecular flexibility index (Phi) is 5.24. The van der Waals surface area contributed by atoms with Crippen molar-refractivity contribution in [1.82, 2.24) is 5.32 Å². The Hall–Kier alpha value is -1.11. The molecule has 2 N–H and O–H groups in total. The third-order valence-electron chi connectivity index (χ3n) is 3.56. The number of halogens is 1. The number of rotatable bonds is 4. The van der Waals surface area contributed by atoms with E-state index in [9.17, 15) is 18.3 Å². The van der Waals surface area contributed by atoms with Gasteiger partial charge in [0.1, 0.15) is 5.75 Å². The molecule has 1 amide bonds. The largest absolute Gasteiger partial charge is 0.393 e. The second-order valence-electron chi connectivity index (χ2n) is 5.29. The molecule has 1 aliphatic rings. The van der Waals surface area contributed by atoms with Crippen LogP contribution < -0.4 is 5.32 Å². The zero-order valence-corrected chi connectivity index (χ0v) is 13.0. The van der Waals surface area contributed by atoms with Gasteiger partial charge in [-0.3, -0.25) is 4.79 Å². The molecule has 0 heterocycles. The van der Waals surface area contributed by atoms with Gasteiger partial charge in [-0.1, -0.05) is 11.6 Å². The average molecular weight is 332 g/mol. The van der Waals surface area contributed by atoms with Crippen molar-refractivity contribution in [3.05, 3.63) is 29.3 Å². The quantitative estimate of drug-likeness (QED) is 0.876. The normalized spacial score (nSPS) is 22.8. The lowest BCUT2D eigenvalue weighted by atomic mass is 9.93. The van der Waals surface area contributed by atoms with Crippen molar-refractivity contribution in [3.8, 4) is 0 Å². The number of aliphatic hydroxyl groups is 1. The monoisotopic (exact) mass is 331 g/mol. The van der Waals surface area contributed by atoms with Crippen LogP contribution in [-0.4, -0.2) is 37.3 Å². The topological polar surface area (TPSA) is 83.5 Å². The molecule has 116 valence electrons. The van der Waals surface area contributed by atoms with Crippen molar-refractivity contribution in [2.24, 2.45) is 0 Å². The molecule has 1 aliphatic carbocycles. The molecule has 0 spiro atoms. The number of hydrogen-bond acceptors (Lipinski definition) is 4. The van der Waals surface area contributed by atoms with Gasteiger partial charge in [0.05, 0.1) is 11.0 Å². The Morgan fingerprint density at radius 1 is 1.19 bits per heavy atom. The number of carbonyl (C=O) groups is 1. The van der Waals surface area contributed by atoms with Gasteiger partial charge in [0, 0.05) is 11.1 Å². The number of carbonyl (C=O) groups excluding carboxylic acids is 1. The molecular formula is C14H18ClNO4S. The minimum Gasteiger partial charge on any atom is -0.393 e. The Balaban J connectivity index is 1.93. The van der Waals surface area contributed by atoms with Crippen LogP contribution >= 0.6 is 11.6 Å². The molecule has 0 atom stereocenters. The van der Waals surface area contributed by atoms with Crippen molar-refractivity contribution in [2.45, 2.75) is 42.7 Å². The van der Waals surface area contributed by atoms with Crippen LogP contribution in [0.1, 0.15) is 25.7 Å². The van der Waals surface area contributed by atoms with Gasteiger partial charge >= 0.3 is 0 Å². The number of nitrogens with one attached hydrogen (secondary N) is 1. The van der Waals surface area contributed by atoms with Crippen molar-refractivity contribution in [3.63, 3.8) is 0 Å². The van der Waals surface area contributed by atoms with Gasteiger partial charge in [0.15, 0.2) is 9.84 Å². The summed E-state index contributed by atoms with van der Waals surface area (Å²) in [5.41, 5.74) is 0. The van der Waals surface area contributed by atoms with Gasteiger partial charge in [-0.2, -0.15) is 0 Å². The molecular weight excluding hydrogens is 314 g/mol. The SMILES string of the molecule is O=C(CS(=O)(=O)c1ccc(Cl)cc1)NC1CCC(O)CC1. The van der Waals surface area contributed by atoms with Crippen LogP contribution in [0.15, 0.2) is 29.2 Å². The Morgan fingerprint density at radius 3 is 2.33 bits per heavy atom. The summed E-state index contributed by atoms with van der Waals surface area (Å²) in [6.45, 7) is 0. The highest BCUT2D eigenvalue weighted by Crippen LogP contribution is 2.19. The van der Waals surface area contributed by atoms with E-state index in [0.29, 0.717) is 30.7 Å². The molecule has 0 bridgehead atoms. The van der Waals surface area contributed by atoms with Crippen LogP contribution in [0, 0.1) is 0 Å². The van der Waals surface area contributed by atoms with E-state index in [2.05, 4.69) is 5.32 Å². The van der Waals surface area contributed by atoms with Crippen LogP contribution in [0.3, 0.4) is 0 Å². The summed E-state index contributed by atoms with van der Waals surface area (Å²) >= 11 is 5.71. The van der Waals surface area contributed by atoms with E-state index in [1.54, 1.807) is 0 Å². The molecule has 0 saturated heterocycles. The summed E-state index contributed by atoms with van der Waals surface area (Å²) in [5, 5.41) is 12.6. The van der Waals surface area contributed by atoms with Gasteiger partial charge in [-0.05, 0) is 49.9 Å². The third-order valence-corrected chi connectivity index (χ3v) is 5.44. The predicted molar refractivity (Wildman–Crippen MR) is 79.9 cm³/mol. The first-order valence-corrected chi connectivity index (χ1v) is 8.85. The first-order valence-electron chi connectivity index (χ1n) is 6.82. The molecule has 2 rings (SSSR count). The van der Waals surface area contributed by atoms with Gasteiger partial charge in [0.2, 0.25) is 5.91 Å². The number of aliphatic hydroxyl groups excluding tert-OH is 1. The number of sulfone groups is 1. The summed E-state index contributed by atoms with van der Waals surface area (Å²) in [6, 6.07) is 5.69. The lowest BCUT2D eigenvalue weighted by Gasteiger charge is -2.26. The number of benzene rings is 1. The van der Waals surface area contributed by atoms with E-state index >= 15 is 0 Å². The highest BCUT2D eigenvalue weighted by atomic mass is 35.5. The highest BCUT2D eigenvalue weighted by Gasteiger charge is 2.24. The maximum Gasteiger partial charge on any atom is 0.235 e. The summed E-state index contributed by atoms with van der Waals surface area (Å²) in [7, 11) is -3.66. The lowest BCUT2D eigenvalue weighted by molar-refractivity contribution is -0.119. The first kappa shape index (κ1) is 16.3. The second-order valence-corrected chi connectivity index (χ2v) is 7.71. The zero-order valence-electron chi connectivity index (χ0n) is 11.5. The van der Waals surface area contributed by atoms with Crippen LogP contribution in [0.2, 0.25) is 5.02 Å². The van der Waals surface area contributed by atoms with E-state index in [1.165, 1.54) is 24.3 Å². The fourth-order valence-electron chi connectivity index (χ4n) is 2.39. The van der Waals surface area contributed by atoms with Crippen LogP contribution in [-0.2, 0) is 14.6 Å². The molecule has 0 aliphatic heterocycles. The standard InChI is InChI=1S/C14H18ClNO4S/c15-10-1-7-13(8-2-10)21(19,20)9-14(18)16-11-3-5-12(17)6-4-11/h1-2,7-8,11-12,17H,3-6,9H2,(H,16,18). The summed E-state index contributed by atoms with van der Waals surface area (Å²) in [6.07, 6.45) is 2.31. The molecule has 1 aromatic rings. The fraction of sp³-hybridized carbons (Fsp3) is 0.500. The van der Waals surface area contributed by atoms with Crippen LogP contribution in [0.25, 0.3) is 0 Å². The van der Waals surface area contributed by atoms with Gasteiger partial charge in [-0.25, -0.2) is 8.42 Å². The lowest BCUT2D eigenvalue weighted by Crippen LogP contribution is -2.41. The Morgan fingerprint density at radius 2 is 1.76 bits per heavy atom. The van der Waals surface area contributed by atoms with E-state index in [4.69, 9.17) is 11.6 Å². The van der Waals surface area contributed by atoms with Gasteiger partial charge in [0.25, 0.3) is 0 Å². The van der Waals surface area contributed by atoms with Crippen LogP contribution in [0.5, 0.6) is 0 Å². The third kappa shape index (κ3) is 4.69. The van der Waals surface area contributed by atoms with Crippen molar-refractivity contribution in [2.75, 3.05) is 5.75 Å². The van der Waals surface area contributed by atoms with Crippen molar-refractivity contribution in [1.29, 1.82) is 0 Å². The minimum atomic E-state index is -3.66. The second kappa shape index (κ2) is 6.77. The molecule has 0 unspecified atom stereocenters. The fourth-order valence-corrected chi connectivity index (χ4v) is 3.66. The Labute approximate surface area is 129 Å². The average Bonchev–Trinajstić information content (AvgIpc) is 2.41. The number of hydrogen-bond donors (Lipinski definition) is 2. The molecule has 0 aromatic heterocycles. The van der Waals surface area contributed by atoms with Crippen molar-refractivity contribution >= 4 is 27.3 Å². The smallest absolute Gasteiger partial charge is 0.235 e. The minimum absolute atomic E-state index is 0.0543. The highest BCUT2D eigenvalue weighted by molar-refractivity contribution is 7.92. The van der Waals surface area contributed by atoms with Gasteiger partial charge < -0.3 is 10.4 Å². The Bertz CT molecular complexity index is 592. The predicted octanol–water partition coefficient (Wildman–Crippen LogP) is 1.53. The van der Waals surface area contributed by atoms with Crippen LogP contribution in [0.4, 0.5) is 0 Å². The maximum absolute atomic E-state index is 12.1. The van der Waals surface area contributed by atoms with Gasteiger partial charge in [-0.15, -0.1) is 0 Å². The molecule has 1 fully saturated rings. The zero-order chi connectivity index (χ0) is 15.5. The summed E-state index contributed by atoms with van der Waals surface area (Å²) < 4.78 is 24.2. The number of amides is 1. The summed E-state index contributed by atoms with van der Waals surface area (Å²) in [5.74, 6) is -1.08. The molecule has 1 saturated carbocycles. The van der Waals surface area contributed by atoms with E-state index < -0.39 is 21.5 Å². The van der Waals surface area contributed by atoms with Crippen molar-refractivity contribution < 1.29 is 18.3 Å². The first-order chi connectivity index (χ1) is 9.87.